The van der Waals surface area contributed by atoms with E-state index in [4.69, 9.17) is 4.42 Å². The van der Waals surface area contributed by atoms with E-state index in [0.29, 0.717) is 12.1 Å². The van der Waals surface area contributed by atoms with Crippen LogP contribution in [0.1, 0.15) is 12.8 Å². The van der Waals surface area contributed by atoms with E-state index in [-0.39, 0.29) is 17.4 Å². The molecule has 2 aromatic rings. The predicted octanol–water partition coefficient (Wildman–Crippen LogP) is 0.676. The standard InChI is InChI=1S/C12H14N2O4S/c15-12-11-9(4-8-18-11)3-6-14(12)7-5-13-19(16,17)10-1-2-10/h3-4,6,8,10,13H,1-2,5,7H2. The van der Waals surface area contributed by atoms with Gasteiger partial charge in [-0.15, -0.1) is 0 Å². The normalized spacial score (nSPS) is 16.0. The summed E-state index contributed by atoms with van der Waals surface area (Å²) in [4.78, 5) is 12.0. The van der Waals surface area contributed by atoms with Gasteiger partial charge in [-0.3, -0.25) is 4.79 Å². The molecule has 0 amide bonds. The van der Waals surface area contributed by atoms with E-state index in [9.17, 15) is 13.2 Å². The van der Waals surface area contributed by atoms with Gasteiger partial charge < -0.3 is 8.98 Å². The molecule has 0 aromatic carbocycles. The number of furan rings is 1. The molecule has 0 saturated heterocycles. The van der Waals surface area contributed by atoms with Gasteiger partial charge in [-0.05, 0) is 25.0 Å². The van der Waals surface area contributed by atoms with Crippen LogP contribution in [-0.4, -0.2) is 24.8 Å². The van der Waals surface area contributed by atoms with Crippen molar-refractivity contribution in [2.45, 2.75) is 24.6 Å². The highest BCUT2D eigenvalue weighted by Gasteiger charge is 2.35. The van der Waals surface area contributed by atoms with Crippen molar-refractivity contribution in [1.29, 1.82) is 0 Å². The zero-order chi connectivity index (χ0) is 13.5. The molecule has 6 nitrogen and oxygen atoms in total. The van der Waals surface area contributed by atoms with Crippen LogP contribution in [0.5, 0.6) is 0 Å². The summed E-state index contributed by atoms with van der Waals surface area (Å²) in [6, 6.07) is 3.49. The molecule has 1 aliphatic rings. The highest BCUT2D eigenvalue weighted by molar-refractivity contribution is 7.90. The van der Waals surface area contributed by atoms with Gasteiger partial charge in [-0.2, -0.15) is 0 Å². The number of hydrogen-bond donors (Lipinski definition) is 1. The smallest absolute Gasteiger partial charge is 0.294 e. The first kappa shape index (κ1) is 12.4. The zero-order valence-electron chi connectivity index (χ0n) is 10.2. The van der Waals surface area contributed by atoms with Crippen molar-refractivity contribution in [3.63, 3.8) is 0 Å². The van der Waals surface area contributed by atoms with Crippen LogP contribution in [0, 0.1) is 0 Å². The molecular formula is C12H14N2O4S. The summed E-state index contributed by atoms with van der Waals surface area (Å²) in [5.74, 6) is 0. The van der Waals surface area contributed by atoms with Crippen LogP contribution >= 0.6 is 0 Å². The van der Waals surface area contributed by atoms with E-state index >= 15 is 0 Å². The number of rotatable bonds is 5. The van der Waals surface area contributed by atoms with Crippen molar-refractivity contribution in [1.82, 2.24) is 9.29 Å². The fourth-order valence-corrected chi connectivity index (χ4v) is 3.34. The second-order valence-corrected chi connectivity index (χ2v) is 6.70. The molecule has 0 aliphatic heterocycles. The minimum absolute atomic E-state index is 0.213. The van der Waals surface area contributed by atoms with Crippen LogP contribution in [-0.2, 0) is 16.6 Å². The molecule has 1 fully saturated rings. The Balaban J connectivity index is 1.71. The highest BCUT2D eigenvalue weighted by Crippen LogP contribution is 2.27. The zero-order valence-corrected chi connectivity index (χ0v) is 11.0. The molecule has 0 bridgehead atoms. The summed E-state index contributed by atoms with van der Waals surface area (Å²) in [6.45, 7) is 0.506. The monoisotopic (exact) mass is 282 g/mol. The molecule has 7 heteroatoms. The van der Waals surface area contributed by atoms with Gasteiger partial charge in [0.15, 0.2) is 5.58 Å². The Morgan fingerprint density at radius 1 is 1.37 bits per heavy atom. The van der Waals surface area contributed by atoms with E-state index in [2.05, 4.69) is 4.72 Å². The topological polar surface area (TPSA) is 81.3 Å². The largest absolute Gasteiger partial charge is 0.459 e. The molecule has 1 aliphatic carbocycles. The Morgan fingerprint density at radius 2 is 2.16 bits per heavy atom. The van der Waals surface area contributed by atoms with Crippen molar-refractivity contribution in [2.75, 3.05) is 6.54 Å². The number of nitrogens with one attached hydrogen (secondary N) is 1. The third kappa shape index (κ3) is 2.43. The van der Waals surface area contributed by atoms with Crippen LogP contribution in [0.15, 0.2) is 33.8 Å². The number of nitrogens with zero attached hydrogens (tertiary/aromatic N) is 1. The first-order valence-corrected chi connectivity index (χ1v) is 7.68. The number of pyridine rings is 1. The maximum atomic E-state index is 12.0. The molecule has 0 unspecified atom stereocenters. The fraction of sp³-hybridized carbons (Fsp3) is 0.417. The van der Waals surface area contributed by atoms with E-state index in [0.717, 1.165) is 18.2 Å². The number of aromatic nitrogens is 1. The molecule has 1 saturated carbocycles. The molecule has 0 radical (unpaired) electrons. The summed E-state index contributed by atoms with van der Waals surface area (Å²) in [5.41, 5.74) is 0.0562. The lowest BCUT2D eigenvalue weighted by atomic mass is 10.3. The lowest BCUT2D eigenvalue weighted by Gasteiger charge is -2.07. The summed E-state index contributed by atoms with van der Waals surface area (Å²) < 4.78 is 32.3. The van der Waals surface area contributed by atoms with Gasteiger partial charge in [0.1, 0.15) is 0 Å². The Kier molecular flexibility index (Phi) is 2.94. The van der Waals surface area contributed by atoms with Crippen molar-refractivity contribution < 1.29 is 12.8 Å². The minimum atomic E-state index is -3.19. The summed E-state index contributed by atoms with van der Waals surface area (Å²) in [6.07, 6.45) is 4.57. The van der Waals surface area contributed by atoms with Gasteiger partial charge >= 0.3 is 0 Å². The quantitative estimate of drug-likeness (QED) is 0.874. The van der Waals surface area contributed by atoms with Crippen molar-refractivity contribution in [2.24, 2.45) is 0 Å². The van der Waals surface area contributed by atoms with Crippen molar-refractivity contribution in [3.05, 3.63) is 34.9 Å². The second kappa shape index (κ2) is 4.50. The Bertz CT molecular complexity index is 755. The number of fused-ring (bicyclic) bond motifs is 1. The van der Waals surface area contributed by atoms with E-state index < -0.39 is 10.0 Å². The third-order valence-corrected chi connectivity index (χ3v) is 5.16. The van der Waals surface area contributed by atoms with Crippen LogP contribution in [0.3, 0.4) is 0 Å². The van der Waals surface area contributed by atoms with E-state index in [1.165, 1.54) is 10.8 Å². The average molecular weight is 282 g/mol. The SMILES string of the molecule is O=c1c2occc2ccn1CCNS(=O)(=O)C1CC1. The lowest BCUT2D eigenvalue weighted by Crippen LogP contribution is -2.32. The molecule has 1 N–H and O–H groups in total. The van der Waals surface area contributed by atoms with E-state index in [1.54, 1.807) is 18.3 Å². The summed E-state index contributed by atoms with van der Waals surface area (Å²) >= 11 is 0. The van der Waals surface area contributed by atoms with Gasteiger partial charge in [-0.1, -0.05) is 0 Å². The van der Waals surface area contributed by atoms with Gasteiger partial charge in [0.2, 0.25) is 10.0 Å². The van der Waals surface area contributed by atoms with Crippen LogP contribution in [0.25, 0.3) is 11.0 Å². The fourth-order valence-electron chi connectivity index (χ4n) is 1.97. The molecule has 2 heterocycles. The first-order valence-electron chi connectivity index (χ1n) is 6.13. The Morgan fingerprint density at radius 3 is 2.89 bits per heavy atom. The van der Waals surface area contributed by atoms with Gasteiger partial charge in [0, 0.05) is 24.7 Å². The van der Waals surface area contributed by atoms with Crippen LogP contribution < -0.4 is 10.3 Å². The van der Waals surface area contributed by atoms with E-state index in [1.807, 2.05) is 0 Å². The molecule has 3 rings (SSSR count). The summed E-state index contributed by atoms with van der Waals surface area (Å²) in [7, 11) is -3.19. The maximum absolute atomic E-state index is 12.0. The van der Waals surface area contributed by atoms with Crippen LogP contribution in [0.4, 0.5) is 0 Å². The molecule has 102 valence electrons. The first-order chi connectivity index (χ1) is 9.08. The Labute approximate surface area is 110 Å². The Hall–Kier alpha value is -1.60. The van der Waals surface area contributed by atoms with Crippen molar-refractivity contribution in [3.8, 4) is 0 Å². The molecular weight excluding hydrogens is 268 g/mol. The molecule has 0 atom stereocenters. The molecule has 0 spiro atoms. The van der Waals surface area contributed by atoms with Gasteiger partial charge in [-0.25, -0.2) is 13.1 Å². The molecule has 19 heavy (non-hydrogen) atoms. The van der Waals surface area contributed by atoms with Gasteiger partial charge in [0.05, 0.1) is 11.5 Å². The second-order valence-electron chi connectivity index (χ2n) is 4.66. The van der Waals surface area contributed by atoms with Crippen molar-refractivity contribution >= 4 is 21.0 Å². The third-order valence-electron chi connectivity index (χ3n) is 3.20. The maximum Gasteiger partial charge on any atom is 0.294 e. The number of hydrogen-bond acceptors (Lipinski definition) is 4. The number of sulfonamides is 1. The predicted molar refractivity (Wildman–Crippen MR) is 70.4 cm³/mol. The lowest BCUT2D eigenvalue weighted by molar-refractivity contribution is 0.565. The van der Waals surface area contributed by atoms with Crippen LogP contribution in [0.2, 0.25) is 0 Å². The highest BCUT2D eigenvalue weighted by atomic mass is 32.2. The van der Waals surface area contributed by atoms with Gasteiger partial charge in [0.25, 0.3) is 5.56 Å². The average Bonchev–Trinajstić information content (AvgIpc) is 3.12. The summed E-state index contributed by atoms with van der Waals surface area (Å²) in [5, 5.41) is 0.511. The molecule has 2 aromatic heterocycles. The minimum Gasteiger partial charge on any atom is -0.459 e.